The van der Waals surface area contributed by atoms with E-state index < -0.39 is 0 Å². The van der Waals surface area contributed by atoms with Gasteiger partial charge < -0.3 is 9.47 Å². The zero-order valence-electron chi connectivity index (χ0n) is 25.3. The third kappa shape index (κ3) is 6.01. The molecule has 0 N–H and O–H groups in total. The van der Waals surface area contributed by atoms with E-state index in [1.165, 1.54) is 22.3 Å². The predicted octanol–water partition coefficient (Wildman–Crippen LogP) is 9.68. The summed E-state index contributed by atoms with van der Waals surface area (Å²) in [4.78, 5) is 12.8. The van der Waals surface area contributed by atoms with E-state index in [0.717, 1.165) is 17.1 Å². The number of carbonyl (C=O) groups excluding carboxylic acids is 1. The van der Waals surface area contributed by atoms with Crippen LogP contribution in [0.3, 0.4) is 0 Å². The number of benzene rings is 5. The molecule has 3 heteroatoms. The van der Waals surface area contributed by atoms with Gasteiger partial charge in [-0.3, -0.25) is 4.79 Å². The Kier molecular flexibility index (Phi) is 8.04. The fourth-order valence-corrected chi connectivity index (χ4v) is 5.26. The number of carbonyl (C=O) groups is 1. The second kappa shape index (κ2) is 11.7. The van der Waals surface area contributed by atoms with Crippen LogP contribution >= 0.6 is 0 Å². The minimum Gasteiger partial charge on any atom is -0.497 e. The Morgan fingerprint density at radius 1 is 0.524 bits per heavy atom. The number of ketones is 1. The fraction of sp³-hybridized carbons (Fsp3) is 0.205. The molecule has 0 atom stereocenters. The van der Waals surface area contributed by atoms with Crippen LogP contribution in [0.4, 0.5) is 0 Å². The maximum atomic E-state index is 12.8. The SMILES string of the molecule is COc1ccc(C(C)(C)c2cccc(C(C)(C)c3ccc(Oc4ccc(C(=O)c5ccc(C)cc5)cc4)cc3)c2)cc1. The lowest BCUT2D eigenvalue weighted by molar-refractivity contribution is 0.103. The molecule has 0 saturated carbocycles. The van der Waals surface area contributed by atoms with Gasteiger partial charge in [0.2, 0.25) is 0 Å². The Morgan fingerprint density at radius 3 is 1.38 bits per heavy atom. The highest BCUT2D eigenvalue weighted by molar-refractivity contribution is 6.09. The van der Waals surface area contributed by atoms with Gasteiger partial charge in [-0.1, -0.05) is 106 Å². The van der Waals surface area contributed by atoms with Crippen molar-refractivity contribution in [3.05, 3.63) is 160 Å². The van der Waals surface area contributed by atoms with Crippen LogP contribution in [0.5, 0.6) is 17.2 Å². The van der Waals surface area contributed by atoms with Gasteiger partial charge in [-0.15, -0.1) is 0 Å². The average molecular weight is 555 g/mol. The monoisotopic (exact) mass is 554 g/mol. The molecule has 0 aliphatic heterocycles. The van der Waals surface area contributed by atoms with Crippen LogP contribution in [0.2, 0.25) is 0 Å². The predicted molar refractivity (Wildman–Crippen MR) is 171 cm³/mol. The van der Waals surface area contributed by atoms with Gasteiger partial charge in [0.05, 0.1) is 7.11 Å². The van der Waals surface area contributed by atoms with Crippen molar-refractivity contribution in [2.24, 2.45) is 0 Å². The van der Waals surface area contributed by atoms with E-state index in [-0.39, 0.29) is 16.6 Å². The number of hydrogen-bond donors (Lipinski definition) is 0. The number of hydrogen-bond acceptors (Lipinski definition) is 3. The lowest BCUT2D eigenvalue weighted by Crippen LogP contribution is -2.22. The third-order valence-corrected chi connectivity index (χ3v) is 8.36. The van der Waals surface area contributed by atoms with Gasteiger partial charge in [0.1, 0.15) is 17.2 Å². The van der Waals surface area contributed by atoms with Gasteiger partial charge in [0.15, 0.2) is 5.78 Å². The maximum Gasteiger partial charge on any atom is 0.193 e. The van der Waals surface area contributed by atoms with Gasteiger partial charge in [0.25, 0.3) is 0 Å². The van der Waals surface area contributed by atoms with Crippen molar-refractivity contribution in [3.8, 4) is 17.2 Å². The summed E-state index contributed by atoms with van der Waals surface area (Å²) in [5.74, 6) is 2.31. The van der Waals surface area contributed by atoms with Gasteiger partial charge in [0, 0.05) is 22.0 Å². The molecule has 0 aliphatic carbocycles. The summed E-state index contributed by atoms with van der Waals surface area (Å²) in [5, 5.41) is 0. The molecular weight excluding hydrogens is 516 g/mol. The van der Waals surface area contributed by atoms with E-state index >= 15 is 0 Å². The molecule has 0 radical (unpaired) electrons. The number of aryl methyl sites for hydroxylation is 1. The molecular formula is C39H38O3. The Hall–Kier alpha value is -4.63. The highest BCUT2D eigenvalue weighted by atomic mass is 16.5. The van der Waals surface area contributed by atoms with Gasteiger partial charge in [-0.2, -0.15) is 0 Å². The molecule has 0 heterocycles. The summed E-state index contributed by atoms with van der Waals surface area (Å²) in [6.07, 6.45) is 0. The summed E-state index contributed by atoms with van der Waals surface area (Å²) < 4.78 is 11.5. The molecule has 0 unspecified atom stereocenters. The molecule has 0 spiro atoms. The van der Waals surface area contributed by atoms with Crippen molar-refractivity contribution in [1.29, 1.82) is 0 Å². The molecule has 42 heavy (non-hydrogen) atoms. The first-order chi connectivity index (χ1) is 20.1. The molecule has 5 aromatic rings. The number of methoxy groups -OCH3 is 1. The Bertz CT molecular complexity index is 1660. The highest BCUT2D eigenvalue weighted by Gasteiger charge is 2.28. The first kappa shape index (κ1) is 28.9. The van der Waals surface area contributed by atoms with E-state index in [9.17, 15) is 4.79 Å². The van der Waals surface area contributed by atoms with Crippen molar-refractivity contribution in [2.75, 3.05) is 7.11 Å². The summed E-state index contributed by atoms with van der Waals surface area (Å²) in [6.45, 7) is 11.0. The summed E-state index contributed by atoms with van der Waals surface area (Å²) in [7, 11) is 1.69. The quantitative estimate of drug-likeness (QED) is 0.170. The van der Waals surface area contributed by atoms with Crippen LogP contribution in [0.25, 0.3) is 0 Å². The summed E-state index contributed by atoms with van der Waals surface area (Å²) in [5.41, 5.74) is 7.06. The average Bonchev–Trinajstić information content (AvgIpc) is 3.02. The fourth-order valence-electron chi connectivity index (χ4n) is 5.26. The van der Waals surface area contributed by atoms with Crippen LogP contribution in [0.1, 0.15) is 71.4 Å². The topological polar surface area (TPSA) is 35.5 Å². The summed E-state index contributed by atoms with van der Waals surface area (Å²) >= 11 is 0. The highest BCUT2D eigenvalue weighted by Crippen LogP contribution is 2.38. The van der Waals surface area contributed by atoms with Crippen LogP contribution in [0, 0.1) is 6.92 Å². The molecule has 0 bridgehead atoms. The van der Waals surface area contributed by atoms with E-state index in [0.29, 0.717) is 16.9 Å². The molecule has 5 rings (SSSR count). The Balaban J connectivity index is 1.30. The zero-order chi connectivity index (χ0) is 29.9. The Labute approximate surface area is 249 Å². The molecule has 212 valence electrons. The maximum absolute atomic E-state index is 12.8. The second-order valence-corrected chi connectivity index (χ2v) is 11.9. The first-order valence-electron chi connectivity index (χ1n) is 14.3. The molecule has 0 saturated heterocycles. The van der Waals surface area contributed by atoms with Crippen LogP contribution in [-0.2, 0) is 10.8 Å². The normalized spacial score (nSPS) is 11.7. The molecule has 0 amide bonds. The lowest BCUT2D eigenvalue weighted by atomic mass is 9.73. The molecule has 5 aromatic carbocycles. The molecule has 0 aromatic heterocycles. The Morgan fingerprint density at radius 2 is 0.929 bits per heavy atom. The van der Waals surface area contributed by atoms with Crippen molar-refractivity contribution < 1.29 is 14.3 Å². The standard InChI is InChI=1S/C39H38O3/c1-27-10-12-28(13-11-27)37(40)29-14-20-35(21-15-29)42-36-24-18-31(19-25-36)39(4,5)33-9-7-8-32(26-33)38(2,3)30-16-22-34(41-6)23-17-30/h7-26H,1-6H3. The van der Waals surface area contributed by atoms with Gasteiger partial charge in [-0.05, 0) is 77.7 Å². The number of rotatable bonds is 9. The van der Waals surface area contributed by atoms with Crippen molar-refractivity contribution in [1.82, 2.24) is 0 Å². The number of ether oxygens (including phenoxy) is 2. The van der Waals surface area contributed by atoms with Gasteiger partial charge in [-0.25, -0.2) is 0 Å². The van der Waals surface area contributed by atoms with E-state index in [1.807, 2.05) is 79.7 Å². The first-order valence-corrected chi connectivity index (χ1v) is 14.3. The van der Waals surface area contributed by atoms with Crippen molar-refractivity contribution >= 4 is 5.78 Å². The van der Waals surface area contributed by atoms with Crippen LogP contribution in [0.15, 0.2) is 121 Å². The van der Waals surface area contributed by atoms with Crippen LogP contribution < -0.4 is 9.47 Å². The minimum atomic E-state index is -0.206. The smallest absolute Gasteiger partial charge is 0.193 e. The molecule has 3 nitrogen and oxygen atoms in total. The van der Waals surface area contributed by atoms with E-state index in [4.69, 9.17) is 9.47 Å². The second-order valence-electron chi connectivity index (χ2n) is 11.9. The van der Waals surface area contributed by atoms with E-state index in [2.05, 4.69) is 76.2 Å². The third-order valence-electron chi connectivity index (χ3n) is 8.36. The largest absolute Gasteiger partial charge is 0.497 e. The van der Waals surface area contributed by atoms with Crippen molar-refractivity contribution in [3.63, 3.8) is 0 Å². The van der Waals surface area contributed by atoms with Gasteiger partial charge >= 0.3 is 0 Å². The van der Waals surface area contributed by atoms with Crippen molar-refractivity contribution in [2.45, 2.75) is 45.4 Å². The molecule has 0 aliphatic rings. The van der Waals surface area contributed by atoms with E-state index in [1.54, 1.807) is 7.11 Å². The summed E-state index contributed by atoms with van der Waals surface area (Å²) in [6, 6.07) is 40.5. The van der Waals surface area contributed by atoms with Crippen LogP contribution in [-0.4, -0.2) is 12.9 Å². The zero-order valence-corrected chi connectivity index (χ0v) is 25.3. The molecule has 0 fully saturated rings. The minimum absolute atomic E-state index is 0.00425. The lowest BCUT2D eigenvalue weighted by Gasteiger charge is -2.31.